The lowest BCUT2D eigenvalue weighted by Crippen LogP contribution is -2.10. The number of fused-ring (bicyclic) bond motifs is 1. The second-order valence-electron chi connectivity index (χ2n) is 4.78. The maximum absolute atomic E-state index is 6.28. The van der Waals surface area contributed by atoms with Crippen molar-refractivity contribution < 1.29 is 9.15 Å². The lowest BCUT2D eigenvalue weighted by atomic mass is 10.1. The van der Waals surface area contributed by atoms with Crippen LogP contribution in [0.15, 0.2) is 52.9 Å². The topological polar surface area (TPSA) is 48.4 Å². The Labute approximate surface area is 128 Å². The number of furan rings is 1. The van der Waals surface area contributed by atoms with Crippen LogP contribution in [-0.2, 0) is 0 Å². The molecule has 0 radical (unpaired) electrons. The molecular formula is C17H16ClNO2. The summed E-state index contributed by atoms with van der Waals surface area (Å²) in [6.45, 7) is 2.60. The number of halogens is 1. The van der Waals surface area contributed by atoms with E-state index < -0.39 is 0 Å². The number of hydrogen-bond donors (Lipinski definition) is 1. The van der Waals surface area contributed by atoms with Crippen LogP contribution in [0.3, 0.4) is 0 Å². The summed E-state index contributed by atoms with van der Waals surface area (Å²) in [4.78, 5) is 0. The lowest BCUT2D eigenvalue weighted by molar-refractivity contribution is 0.340. The zero-order valence-corrected chi connectivity index (χ0v) is 12.4. The largest absolute Gasteiger partial charge is 0.494 e. The minimum atomic E-state index is -0.329. The van der Waals surface area contributed by atoms with Crippen LogP contribution >= 0.6 is 11.6 Å². The van der Waals surface area contributed by atoms with Gasteiger partial charge in [-0.15, -0.1) is 0 Å². The normalized spacial score (nSPS) is 12.5. The van der Waals surface area contributed by atoms with Crippen molar-refractivity contribution in [2.45, 2.75) is 13.0 Å². The third-order valence-corrected chi connectivity index (χ3v) is 3.71. The molecule has 2 aromatic carbocycles. The van der Waals surface area contributed by atoms with Crippen LogP contribution in [0.1, 0.15) is 24.3 Å². The van der Waals surface area contributed by atoms with E-state index in [-0.39, 0.29) is 6.04 Å². The van der Waals surface area contributed by atoms with Crippen LogP contribution in [0.5, 0.6) is 5.75 Å². The molecule has 0 fully saturated rings. The molecule has 1 unspecified atom stereocenters. The molecule has 1 aromatic heterocycles. The average molecular weight is 302 g/mol. The minimum absolute atomic E-state index is 0.329. The van der Waals surface area contributed by atoms with Crippen LogP contribution in [0.4, 0.5) is 0 Å². The molecule has 4 heteroatoms. The molecule has 0 saturated carbocycles. The highest BCUT2D eigenvalue weighted by molar-refractivity contribution is 6.35. The van der Waals surface area contributed by atoms with E-state index >= 15 is 0 Å². The molecule has 0 amide bonds. The van der Waals surface area contributed by atoms with Gasteiger partial charge < -0.3 is 14.9 Å². The van der Waals surface area contributed by atoms with Gasteiger partial charge in [0.1, 0.15) is 17.1 Å². The molecular weight excluding hydrogens is 286 g/mol. The van der Waals surface area contributed by atoms with Gasteiger partial charge in [0.15, 0.2) is 0 Å². The predicted molar refractivity (Wildman–Crippen MR) is 84.9 cm³/mol. The summed E-state index contributed by atoms with van der Waals surface area (Å²) in [6.07, 6.45) is 0. The van der Waals surface area contributed by atoms with Crippen LogP contribution in [0, 0.1) is 0 Å². The van der Waals surface area contributed by atoms with Crippen LogP contribution in [-0.4, -0.2) is 6.61 Å². The quantitative estimate of drug-likeness (QED) is 0.770. The summed E-state index contributed by atoms with van der Waals surface area (Å²) < 4.78 is 11.2. The van der Waals surface area contributed by atoms with Crippen LogP contribution in [0.25, 0.3) is 11.0 Å². The highest BCUT2D eigenvalue weighted by Crippen LogP contribution is 2.31. The molecule has 21 heavy (non-hydrogen) atoms. The summed E-state index contributed by atoms with van der Waals surface area (Å²) >= 11 is 6.16. The zero-order valence-electron chi connectivity index (χ0n) is 11.7. The third kappa shape index (κ3) is 2.75. The second kappa shape index (κ2) is 5.80. The summed E-state index contributed by atoms with van der Waals surface area (Å²) in [5.74, 6) is 1.53. The number of rotatable bonds is 4. The number of nitrogens with two attached hydrogens (primary N) is 1. The molecule has 3 nitrogen and oxygen atoms in total. The van der Waals surface area contributed by atoms with E-state index in [1.807, 2.05) is 55.5 Å². The Morgan fingerprint density at radius 3 is 2.62 bits per heavy atom. The monoisotopic (exact) mass is 301 g/mol. The van der Waals surface area contributed by atoms with Gasteiger partial charge in [-0.25, -0.2) is 0 Å². The van der Waals surface area contributed by atoms with Gasteiger partial charge in [0.2, 0.25) is 0 Å². The van der Waals surface area contributed by atoms with Crippen molar-refractivity contribution in [3.05, 3.63) is 64.9 Å². The maximum Gasteiger partial charge on any atom is 0.135 e. The first kappa shape index (κ1) is 14.0. The van der Waals surface area contributed by atoms with E-state index in [1.54, 1.807) is 0 Å². The Balaban J connectivity index is 1.92. The Morgan fingerprint density at radius 1 is 1.19 bits per heavy atom. The van der Waals surface area contributed by atoms with Crippen molar-refractivity contribution in [1.29, 1.82) is 0 Å². The fourth-order valence-corrected chi connectivity index (χ4v) is 2.52. The maximum atomic E-state index is 6.28. The molecule has 1 atom stereocenters. The van der Waals surface area contributed by atoms with E-state index in [1.165, 1.54) is 0 Å². The number of benzene rings is 2. The Bertz CT molecular complexity index is 749. The number of ether oxygens (including phenoxy) is 1. The fraction of sp³-hybridized carbons (Fsp3) is 0.176. The zero-order chi connectivity index (χ0) is 14.8. The van der Waals surface area contributed by atoms with E-state index in [0.717, 1.165) is 22.3 Å². The Kier molecular flexibility index (Phi) is 3.86. The van der Waals surface area contributed by atoms with Crippen LogP contribution in [0.2, 0.25) is 5.02 Å². The van der Waals surface area contributed by atoms with E-state index in [9.17, 15) is 0 Å². The highest BCUT2D eigenvalue weighted by Gasteiger charge is 2.15. The minimum Gasteiger partial charge on any atom is -0.494 e. The van der Waals surface area contributed by atoms with Gasteiger partial charge in [0.05, 0.1) is 17.7 Å². The third-order valence-electron chi connectivity index (χ3n) is 3.38. The first-order valence-electron chi connectivity index (χ1n) is 6.85. The van der Waals surface area contributed by atoms with Gasteiger partial charge >= 0.3 is 0 Å². The van der Waals surface area contributed by atoms with Crippen molar-refractivity contribution in [2.75, 3.05) is 6.61 Å². The van der Waals surface area contributed by atoms with Gasteiger partial charge in [-0.2, -0.15) is 0 Å². The van der Waals surface area contributed by atoms with Gasteiger partial charge in [-0.1, -0.05) is 29.8 Å². The predicted octanol–water partition coefficient (Wildman–Crippen LogP) is 4.53. The van der Waals surface area contributed by atoms with Crippen molar-refractivity contribution in [2.24, 2.45) is 5.73 Å². The van der Waals surface area contributed by atoms with Crippen molar-refractivity contribution in [1.82, 2.24) is 0 Å². The molecule has 108 valence electrons. The molecule has 0 aliphatic heterocycles. The molecule has 1 heterocycles. The summed E-state index contributed by atoms with van der Waals surface area (Å²) in [5.41, 5.74) is 7.99. The van der Waals surface area contributed by atoms with Crippen molar-refractivity contribution >= 4 is 22.6 Å². The standard InChI is InChI=1S/C17H16ClNO2/c1-2-20-12-8-6-11(7-9-12)17(19)16-10-13-14(18)4-3-5-15(13)21-16/h3-10,17H,2,19H2,1H3. The fourth-order valence-electron chi connectivity index (χ4n) is 2.30. The molecule has 3 aromatic rings. The van der Waals surface area contributed by atoms with E-state index in [2.05, 4.69) is 0 Å². The molecule has 0 saturated heterocycles. The van der Waals surface area contributed by atoms with Crippen molar-refractivity contribution in [3.63, 3.8) is 0 Å². The first-order chi connectivity index (χ1) is 10.2. The lowest BCUT2D eigenvalue weighted by Gasteiger charge is -2.10. The first-order valence-corrected chi connectivity index (χ1v) is 7.23. The van der Waals surface area contributed by atoms with E-state index in [4.69, 9.17) is 26.5 Å². The Hall–Kier alpha value is -1.97. The molecule has 0 aliphatic carbocycles. The van der Waals surface area contributed by atoms with Crippen LogP contribution < -0.4 is 10.5 Å². The van der Waals surface area contributed by atoms with Gasteiger partial charge in [-0.05, 0) is 42.8 Å². The summed E-state index contributed by atoms with van der Waals surface area (Å²) in [5, 5.41) is 1.55. The molecule has 0 bridgehead atoms. The smallest absolute Gasteiger partial charge is 0.135 e. The van der Waals surface area contributed by atoms with E-state index in [0.29, 0.717) is 17.4 Å². The molecule has 0 spiro atoms. The summed E-state index contributed by atoms with van der Waals surface area (Å²) in [6, 6.07) is 14.9. The number of hydrogen-bond acceptors (Lipinski definition) is 3. The Morgan fingerprint density at radius 2 is 1.95 bits per heavy atom. The van der Waals surface area contributed by atoms with Gasteiger partial charge in [0, 0.05) is 5.39 Å². The van der Waals surface area contributed by atoms with Gasteiger partial charge in [-0.3, -0.25) is 0 Å². The SMILES string of the molecule is CCOc1ccc(C(N)c2cc3c(Cl)cccc3o2)cc1. The highest BCUT2D eigenvalue weighted by atomic mass is 35.5. The molecule has 0 aliphatic rings. The second-order valence-corrected chi connectivity index (χ2v) is 5.19. The van der Waals surface area contributed by atoms with Gasteiger partial charge in [0.25, 0.3) is 0 Å². The molecule has 2 N–H and O–H groups in total. The summed E-state index contributed by atoms with van der Waals surface area (Å²) in [7, 11) is 0. The molecule has 3 rings (SSSR count). The average Bonchev–Trinajstić information content (AvgIpc) is 2.93. The van der Waals surface area contributed by atoms with Crippen molar-refractivity contribution in [3.8, 4) is 5.75 Å².